The van der Waals surface area contributed by atoms with E-state index in [4.69, 9.17) is 4.74 Å². The third-order valence-electron chi connectivity index (χ3n) is 4.70. The predicted octanol–water partition coefficient (Wildman–Crippen LogP) is 3.23. The Hall–Kier alpha value is -2.18. The molecular formula is C22H29NO4S. The largest absolute Gasteiger partial charge is 0.465 e. The molecule has 0 fully saturated rings. The van der Waals surface area contributed by atoms with Gasteiger partial charge < -0.3 is 4.74 Å². The number of aryl methyl sites for hydroxylation is 1. The van der Waals surface area contributed by atoms with Gasteiger partial charge in [0.15, 0.2) is 0 Å². The lowest BCUT2D eigenvalue weighted by atomic mass is 9.84. The lowest BCUT2D eigenvalue weighted by Gasteiger charge is -2.23. The number of hydrogen-bond acceptors (Lipinski definition) is 4. The molecule has 0 bridgehead atoms. The van der Waals surface area contributed by atoms with Crippen LogP contribution in [0.2, 0.25) is 0 Å². The summed E-state index contributed by atoms with van der Waals surface area (Å²) in [5, 5.41) is 0. The van der Waals surface area contributed by atoms with Crippen molar-refractivity contribution in [1.82, 2.24) is 4.72 Å². The second-order valence-corrected chi connectivity index (χ2v) is 9.17. The number of carbonyl (C=O) groups excluding carboxylic acids is 1. The number of rotatable bonds is 10. The molecule has 0 heterocycles. The van der Waals surface area contributed by atoms with Crippen LogP contribution in [0.4, 0.5) is 0 Å². The van der Waals surface area contributed by atoms with Gasteiger partial charge in [-0.3, -0.25) is 4.79 Å². The average Bonchev–Trinajstić information content (AvgIpc) is 2.68. The fourth-order valence-corrected chi connectivity index (χ4v) is 3.90. The minimum atomic E-state index is -3.31. The van der Waals surface area contributed by atoms with E-state index in [1.807, 2.05) is 68.4 Å². The van der Waals surface area contributed by atoms with Crippen molar-refractivity contribution in [3.63, 3.8) is 0 Å². The Kier molecular flexibility index (Phi) is 7.78. The van der Waals surface area contributed by atoms with Gasteiger partial charge in [0, 0.05) is 6.54 Å². The average molecular weight is 404 g/mol. The number of carbonyl (C=O) groups is 1. The van der Waals surface area contributed by atoms with Gasteiger partial charge in [-0.1, -0.05) is 54.6 Å². The minimum absolute atomic E-state index is 0.0731. The molecule has 6 heteroatoms. The number of nitrogens with one attached hydrogen (secondary N) is 1. The fraction of sp³-hybridized carbons (Fsp3) is 0.409. The summed E-state index contributed by atoms with van der Waals surface area (Å²) in [7, 11) is -3.31. The molecule has 2 aromatic carbocycles. The standard InChI is InChI=1S/C22H29NO4S/c1-4-27-21(24)22(2,3)20-12-10-19(11-13-20)14-16-23-28(25,26)17-15-18-8-6-5-7-9-18/h5-13,23H,4,14-17H2,1-3H3. The third kappa shape index (κ3) is 6.46. The van der Waals surface area contributed by atoms with Crippen LogP contribution in [0.1, 0.15) is 37.5 Å². The molecule has 0 radical (unpaired) electrons. The van der Waals surface area contributed by atoms with E-state index in [1.165, 1.54) is 0 Å². The van der Waals surface area contributed by atoms with Gasteiger partial charge in [-0.15, -0.1) is 0 Å². The van der Waals surface area contributed by atoms with Crippen LogP contribution in [0, 0.1) is 0 Å². The zero-order valence-electron chi connectivity index (χ0n) is 16.8. The smallest absolute Gasteiger partial charge is 0.315 e. The van der Waals surface area contributed by atoms with Crippen LogP contribution < -0.4 is 4.72 Å². The zero-order chi connectivity index (χ0) is 20.6. The quantitative estimate of drug-likeness (QED) is 0.618. The van der Waals surface area contributed by atoms with E-state index < -0.39 is 15.4 Å². The fourth-order valence-electron chi connectivity index (χ4n) is 2.84. The molecule has 28 heavy (non-hydrogen) atoms. The molecule has 5 nitrogen and oxygen atoms in total. The molecule has 2 aromatic rings. The first-order valence-electron chi connectivity index (χ1n) is 9.52. The van der Waals surface area contributed by atoms with Crippen molar-refractivity contribution in [2.45, 2.75) is 39.0 Å². The molecule has 0 saturated carbocycles. The first-order valence-corrected chi connectivity index (χ1v) is 11.2. The van der Waals surface area contributed by atoms with Crippen LogP contribution in [-0.2, 0) is 37.8 Å². The molecule has 0 atom stereocenters. The van der Waals surface area contributed by atoms with E-state index >= 15 is 0 Å². The Morgan fingerprint density at radius 3 is 2.18 bits per heavy atom. The van der Waals surface area contributed by atoms with Crippen LogP contribution >= 0.6 is 0 Å². The normalized spacial score (nSPS) is 12.0. The van der Waals surface area contributed by atoms with E-state index in [1.54, 1.807) is 6.92 Å². The van der Waals surface area contributed by atoms with E-state index in [0.717, 1.165) is 16.7 Å². The van der Waals surface area contributed by atoms with Gasteiger partial charge in [0.05, 0.1) is 17.8 Å². The van der Waals surface area contributed by atoms with Gasteiger partial charge in [-0.05, 0) is 50.3 Å². The highest BCUT2D eigenvalue weighted by molar-refractivity contribution is 7.89. The molecule has 0 saturated heterocycles. The maximum absolute atomic E-state index is 12.2. The highest BCUT2D eigenvalue weighted by Crippen LogP contribution is 2.25. The zero-order valence-corrected chi connectivity index (χ0v) is 17.6. The first kappa shape index (κ1) is 22.1. The Bertz CT molecular complexity index is 859. The van der Waals surface area contributed by atoms with Gasteiger partial charge in [-0.25, -0.2) is 13.1 Å². The Balaban J connectivity index is 1.85. The lowest BCUT2D eigenvalue weighted by molar-refractivity contribution is -0.148. The number of sulfonamides is 1. The van der Waals surface area contributed by atoms with Crippen molar-refractivity contribution in [3.05, 3.63) is 71.3 Å². The van der Waals surface area contributed by atoms with Crippen LogP contribution in [0.5, 0.6) is 0 Å². The first-order chi connectivity index (χ1) is 13.2. The molecule has 0 aliphatic heterocycles. The predicted molar refractivity (Wildman–Crippen MR) is 112 cm³/mol. The topological polar surface area (TPSA) is 72.5 Å². The second-order valence-electron chi connectivity index (χ2n) is 7.24. The van der Waals surface area contributed by atoms with Gasteiger partial charge in [0.2, 0.25) is 10.0 Å². The van der Waals surface area contributed by atoms with Crippen molar-refractivity contribution < 1.29 is 17.9 Å². The second kappa shape index (κ2) is 9.85. The van der Waals surface area contributed by atoms with Gasteiger partial charge >= 0.3 is 5.97 Å². The minimum Gasteiger partial charge on any atom is -0.465 e. The van der Waals surface area contributed by atoms with Crippen molar-refractivity contribution in [2.24, 2.45) is 0 Å². The molecule has 0 aliphatic carbocycles. The maximum Gasteiger partial charge on any atom is 0.315 e. The summed E-state index contributed by atoms with van der Waals surface area (Å²) in [5.41, 5.74) is 2.17. The van der Waals surface area contributed by atoms with Gasteiger partial charge in [-0.2, -0.15) is 0 Å². The number of ether oxygens (including phenoxy) is 1. The van der Waals surface area contributed by atoms with E-state index in [9.17, 15) is 13.2 Å². The summed E-state index contributed by atoms with van der Waals surface area (Å²) >= 11 is 0. The monoisotopic (exact) mass is 403 g/mol. The number of esters is 1. The molecule has 1 N–H and O–H groups in total. The summed E-state index contributed by atoms with van der Waals surface area (Å²) in [5.74, 6) is -0.183. The van der Waals surface area contributed by atoms with Gasteiger partial charge in [0.1, 0.15) is 0 Å². The Labute approximate surface area is 168 Å². The maximum atomic E-state index is 12.2. The molecule has 0 aromatic heterocycles. The van der Waals surface area contributed by atoms with Crippen molar-refractivity contribution in [3.8, 4) is 0 Å². The van der Waals surface area contributed by atoms with E-state index in [2.05, 4.69) is 4.72 Å². The Morgan fingerprint density at radius 2 is 1.57 bits per heavy atom. The highest BCUT2D eigenvalue weighted by Gasteiger charge is 2.31. The molecule has 0 amide bonds. The van der Waals surface area contributed by atoms with E-state index in [-0.39, 0.29) is 11.7 Å². The molecular weight excluding hydrogens is 374 g/mol. The van der Waals surface area contributed by atoms with Crippen LogP contribution in [-0.4, -0.2) is 33.3 Å². The molecule has 0 aliphatic rings. The third-order valence-corrected chi connectivity index (χ3v) is 6.08. The molecule has 152 valence electrons. The summed E-state index contributed by atoms with van der Waals surface area (Å²) < 4.78 is 32.1. The molecule has 0 unspecified atom stereocenters. The molecule has 2 rings (SSSR count). The van der Waals surface area contributed by atoms with Crippen LogP contribution in [0.3, 0.4) is 0 Å². The summed E-state index contributed by atoms with van der Waals surface area (Å²) in [6.07, 6.45) is 1.08. The lowest BCUT2D eigenvalue weighted by Crippen LogP contribution is -2.31. The summed E-state index contributed by atoms with van der Waals surface area (Å²) in [6.45, 7) is 6.15. The van der Waals surface area contributed by atoms with Gasteiger partial charge in [0.25, 0.3) is 0 Å². The number of benzene rings is 2. The summed E-state index contributed by atoms with van der Waals surface area (Å²) in [4.78, 5) is 12.1. The summed E-state index contributed by atoms with van der Waals surface area (Å²) in [6, 6.07) is 17.2. The Morgan fingerprint density at radius 1 is 0.964 bits per heavy atom. The van der Waals surface area contributed by atoms with Crippen molar-refractivity contribution in [2.75, 3.05) is 18.9 Å². The van der Waals surface area contributed by atoms with E-state index in [0.29, 0.717) is 26.0 Å². The molecule has 0 spiro atoms. The van der Waals surface area contributed by atoms with Crippen molar-refractivity contribution >= 4 is 16.0 Å². The SMILES string of the molecule is CCOC(=O)C(C)(C)c1ccc(CCNS(=O)(=O)CCc2ccccc2)cc1. The van der Waals surface area contributed by atoms with Crippen LogP contribution in [0.15, 0.2) is 54.6 Å². The number of hydrogen-bond donors (Lipinski definition) is 1. The van der Waals surface area contributed by atoms with Crippen molar-refractivity contribution in [1.29, 1.82) is 0 Å². The van der Waals surface area contributed by atoms with Crippen LogP contribution in [0.25, 0.3) is 0 Å². The highest BCUT2D eigenvalue weighted by atomic mass is 32.2.